The minimum absolute atomic E-state index is 0.345. The number of piperidine rings is 1. The van der Waals surface area contributed by atoms with Crippen LogP contribution >= 0.6 is 0 Å². The number of likely N-dealkylation sites (tertiary alicyclic amines) is 1. The second kappa shape index (κ2) is 32.6. The minimum Gasteiger partial charge on any atom is -0.481 e. The first kappa shape index (κ1) is 37.4. The van der Waals surface area contributed by atoms with Gasteiger partial charge in [0.1, 0.15) is 0 Å². The van der Waals surface area contributed by atoms with E-state index in [4.69, 9.17) is 5.11 Å². The first-order valence-electron chi connectivity index (χ1n) is 17.6. The number of carbonyl (C=O) groups is 1. The Morgan fingerprint density at radius 1 is 0.474 bits per heavy atom. The van der Waals surface area contributed by atoms with E-state index in [1.807, 2.05) is 0 Å². The van der Waals surface area contributed by atoms with Gasteiger partial charge in [-0.05, 0) is 45.3 Å². The van der Waals surface area contributed by atoms with Crippen LogP contribution in [0.3, 0.4) is 0 Å². The van der Waals surface area contributed by atoms with Crippen LogP contribution in [0.5, 0.6) is 0 Å². The van der Waals surface area contributed by atoms with Gasteiger partial charge in [0.15, 0.2) is 0 Å². The predicted molar refractivity (Wildman–Crippen MR) is 169 cm³/mol. The maximum absolute atomic E-state index is 10.3. The molecule has 1 saturated heterocycles. The van der Waals surface area contributed by atoms with Crippen LogP contribution in [0.25, 0.3) is 0 Å². The molecule has 0 bridgehead atoms. The number of hydrogen-bond donors (Lipinski definition) is 1. The van der Waals surface area contributed by atoms with Crippen molar-refractivity contribution in [1.29, 1.82) is 0 Å². The van der Waals surface area contributed by atoms with Crippen molar-refractivity contribution in [2.24, 2.45) is 0 Å². The van der Waals surface area contributed by atoms with E-state index in [2.05, 4.69) is 18.7 Å². The van der Waals surface area contributed by atoms with E-state index in [1.165, 1.54) is 187 Å². The summed E-state index contributed by atoms with van der Waals surface area (Å²) in [6.45, 7) is 8.68. The summed E-state index contributed by atoms with van der Waals surface area (Å²) < 4.78 is 0. The molecule has 38 heavy (non-hydrogen) atoms. The summed E-state index contributed by atoms with van der Waals surface area (Å²) in [5, 5.41) is 8.52. The molecule has 228 valence electrons. The summed E-state index contributed by atoms with van der Waals surface area (Å²) in [6.07, 6.45) is 39.1. The zero-order valence-corrected chi connectivity index (χ0v) is 26.4. The minimum atomic E-state index is -0.653. The molecule has 0 atom stereocenters. The molecular weight excluding hydrogens is 466 g/mol. The number of aliphatic carboxylic acids is 1. The molecule has 0 aromatic rings. The molecule has 0 unspecified atom stereocenters. The van der Waals surface area contributed by atoms with Crippen molar-refractivity contribution in [2.75, 3.05) is 19.6 Å². The zero-order chi connectivity index (χ0) is 27.8. The first-order chi connectivity index (χ1) is 18.7. The first-order valence-corrected chi connectivity index (χ1v) is 17.6. The predicted octanol–water partition coefficient (Wildman–Crippen LogP) is 11.7. The third-order valence-electron chi connectivity index (χ3n) is 8.27. The van der Waals surface area contributed by atoms with Crippen LogP contribution in [0.2, 0.25) is 0 Å². The quantitative estimate of drug-likeness (QED) is 0.106. The Morgan fingerprint density at radius 2 is 0.789 bits per heavy atom. The normalized spacial score (nSPS) is 13.8. The Labute approximate surface area is 240 Å². The Bertz CT molecular complexity index is 447. The number of hydrogen-bond acceptors (Lipinski definition) is 2. The Hall–Kier alpha value is -0.570. The summed E-state index contributed by atoms with van der Waals surface area (Å²) >= 11 is 0. The third kappa shape index (κ3) is 31.6. The van der Waals surface area contributed by atoms with Gasteiger partial charge < -0.3 is 10.0 Å². The lowest BCUT2D eigenvalue weighted by atomic mass is 10.0. The SMILES string of the molecule is CCCCCCCCCCCCCCCCCC(=O)O.CCCCCCCCCCCCN1CCCCC1. The van der Waals surface area contributed by atoms with Gasteiger partial charge in [0, 0.05) is 6.42 Å². The molecule has 1 heterocycles. The van der Waals surface area contributed by atoms with E-state index in [9.17, 15) is 4.79 Å². The van der Waals surface area contributed by atoms with Crippen LogP contribution in [0, 0.1) is 0 Å². The highest BCUT2D eigenvalue weighted by atomic mass is 16.4. The van der Waals surface area contributed by atoms with E-state index in [1.54, 1.807) is 0 Å². The molecule has 0 saturated carbocycles. The molecule has 1 fully saturated rings. The second-order valence-corrected chi connectivity index (χ2v) is 12.2. The van der Waals surface area contributed by atoms with E-state index in [0.29, 0.717) is 6.42 Å². The summed E-state index contributed by atoms with van der Waals surface area (Å²) in [6, 6.07) is 0. The fourth-order valence-electron chi connectivity index (χ4n) is 5.65. The molecule has 1 aliphatic heterocycles. The molecule has 0 radical (unpaired) electrons. The van der Waals surface area contributed by atoms with Gasteiger partial charge in [0.25, 0.3) is 0 Å². The Morgan fingerprint density at radius 3 is 1.13 bits per heavy atom. The molecular formula is C35H71NO2. The highest BCUT2D eigenvalue weighted by Crippen LogP contribution is 2.14. The number of rotatable bonds is 27. The van der Waals surface area contributed by atoms with Gasteiger partial charge >= 0.3 is 5.97 Å². The van der Waals surface area contributed by atoms with Crippen LogP contribution in [0.1, 0.15) is 200 Å². The average molecular weight is 538 g/mol. The highest BCUT2D eigenvalue weighted by Gasteiger charge is 2.08. The standard InChI is InChI=1S/C18H36O2.C17H35N/c1-2-3-4-5-6-7-8-9-10-11-12-13-14-15-16-17-18(19)20;1-2-3-4-5-6-7-8-9-10-12-15-18-16-13-11-14-17-18/h2-17H2,1H3,(H,19,20);2-17H2,1H3. The molecule has 1 aliphatic rings. The number of carboxylic acid groups (broad SMARTS) is 1. The third-order valence-corrected chi connectivity index (χ3v) is 8.27. The molecule has 1 rings (SSSR count). The van der Waals surface area contributed by atoms with E-state index < -0.39 is 5.97 Å². The van der Waals surface area contributed by atoms with Gasteiger partial charge in [-0.2, -0.15) is 0 Å². The lowest BCUT2D eigenvalue weighted by Crippen LogP contribution is -2.30. The summed E-state index contributed by atoms with van der Waals surface area (Å²) in [7, 11) is 0. The lowest BCUT2D eigenvalue weighted by molar-refractivity contribution is -0.137. The monoisotopic (exact) mass is 538 g/mol. The summed E-state index contributed by atoms with van der Waals surface area (Å²) in [5.41, 5.74) is 0. The maximum atomic E-state index is 10.3. The lowest BCUT2D eigenvalue weighted by Gasteiger charge is -2.26. The van der Waals surface area contributed by atoms with Crippen LogP contribution in [-0.4, -0.2) is 35.6 Å². The van der Waals surface area contributed by atoms with Crippen molar-refractivity contribution in [3.05, 3.63) is 0 Å². The number of unbranched alkanes of at least 4 members (excludes halogenated alkanes) is 23. The van der Waals surface area contributed by atoms with Crippen LogP contribution in [0.15, 0.2) is 0 Å². The smallest absolute Gasteiger partial charge is 0.303 e. The van der Waals surface area contributed by atoms with Crippen molar-refractivity contribution in [1.82, 2.24) is 4.90 Å². The van der Waals surface area contributed by atoms with Gasteiger partial charge in [0.05, 0.1) is 0 Å². The topological polar surface area (TPSA) is 40.5 Å². The van der Waals surface area contributed by atoms with Crippen LogP contribution in [0.4, 0.5) is 0 Å². The molecule has 0 spiro atoms. The van der Waals surface area contributed by atoms with E-state index in [0.717, 1.165) is 12.8 Å². The van der Waals surface area contributed by atoms with Crippen molar-refractivity contribution in [3.8, 4) is 0 Å². The van der Waals surface area contributed by atoms with Gasteiger partial charge in [-0.15, -0.1) is 0 Å². The molecule has 3 nitrogen and oxygen atoms in total. The van der Waals surface area contributed by atoms with Crippen molar-refractivity contribution in [3.63, 3.8) is 0 Å². The molecule has 0 amide bonds. The van der Waals surface area contributed by atoms with Gasteiger partial charge in [0.2, 0.25) is 0 Å². The molecule has 0 aliphatic carbocycles. The number of carboxylic acids is 1. The Balaban J connectivity index is 0.000000724. The van der Waals surface area contributed by atoms with Gasteiger partial charge in [-0.1, -0.05) is 168 Å². The largest absolute Gasteiger partial charge is 0.481 e. The Kier molecular flexibility index (Phi) is 32.2. The molecule has 0 aromatic carbocycles. The van der Waals surface area contributed by atoms with Gasteiger partial charge in [-0.25, -0.2) is 0 Å². The molecule has 0 aromatic heterocycles. The number of nitrogens with zero attached hydrogens (tertiary/aromatic N) is 1. The van der Waals surface area contributed by atoms with Gasteiger partial charge in [-0.3, -0.25) is 4.79 Å². The molecule has 3 heteroatoms. The van der Waals surface area contributed by atoms with Crippen molar-refractivity contribution < 1.29 is 9.90 Å². The van der Waals surface area contributed by atoms with Crippen LogP contribution < -0.4 is 0 Å². The van der Waals surface area contributed by atoms with Crippen molar-refractivity contribution in [2.45, 2.75) is 200 Å². The average Bonchev–Trinajstić information content (AvgIpc) is 2.93. The maximum Gasteiger partial charge on any atom is 0.303 e. The van der Waals surface area contributed by atoms with E-state index in [-0.39, 0.29) is 0 Å². The highest BCUT2D eigenvalue weighted by molar-refractivity contribution is 5.66. The fraction of sp³-hybridized carbons (Fsp3) is 0.971. The van der Waals surface area contributed by atoms with Crippen molar-refractivity contribution >= 4 is 5.97 Å². The van der Waals surface area contributed by atoms with Crippen LogP contribution in [-0.2, 0) is 4.79 Å². The second-order valence-electron chi connectivity index (χ2n) is 12.2. The van der Waals surface area contributed by atoms with E-state index >= 15 is 0 Å². The molecule has 1 N–H and O–H groups in total. The summed E-state index contributed by atoms with van der Waals surface area (Å²) in [5.74, 6) is -0.653. The fourth-order valence-corrected chi connectivity index (χ4v) is 5.65. The zero-order valence-electron chi connectivity index (χ0n) is 26.4. The summed E-state index contributed by atoms with van der Waals surface area (Å²) in [4.78, 5) is 13.0.